The van der Waals surface area contributed by atoms with E-state index < -0.39 is 0 Å². The Labute approximate surface area is 133 Å². The van der Waals surface area contributed by atoms with E-state index in [2.05, 4.69) is 38.0 Å². The first-order valence-electron chi connectivity index (χ1n) is 5.85. The molecule has 0 radical (unpaired) electrons. The van der Waals surface area contributed by atoms with Crippen LogP contribution in [0.15, 0.2) is 35.7 Å². The number of anilines is 1. The summed E-state index contributed by atoms with van der Waals surface area (Å²) in [6.45, 7) is 0.308. The summed E-state index contributed by atoms with van der Waals surface area (Å²) in [6, 6.07) is 9.78. The maximum Gasteiger partial charge on any atom is 0.169 e. The Morgan fingerprint density at radius 3 is 3.00 bits per heavy atom. The Kier molecular flexibility index (Phi) is 3.99. The van der Waals surface area contributed by atoms with E-state index in [-0.39, 0.29) is 0 Å². The molecule has 0 amide bonds. The van der Waals surface area contributed by atoms with Crippen molar-refractivity contribution in [1.82, 2.24) is 9.97 Å². The number of ether oxygens (including phenoxy) is 1. The number of nitrogens with two attached hydrogens (primary N) is 1. The number of hydrogen-bond acceptors (Lipinski definition) is 6. The molecule has 0 saturated heterocycles. The van der Waals surface area contributed by atoms with Crippen LogP contribution < -0.4 is 16.0 Å². The van der Waals surface area contributed by atoms with Crippen molar-refractivity contribution in [2.45, 2.75) is 6.61 Å². The zero-order chi connectivity index (χ0) is 13.9. The minimum absolute atomic E-state index is 0.308. The zero-order valence-electron chi connectivity index (χ0n) is 10.3. The van der Waals surface area contributed by atoms with Crippen LogP contribution in [0.1, 0.15) is 5.82 Å². The summed E-state index contributed by atoms with van der Waals surface area (Å²) in [7, 11) is 0. The third kappa shape index (κ3) is 2.84. The third-order valence-corrected chi connectivity index (χ3v) is 4.15. The maximum atomic E-state index is 5.70. The fourth-order valence-corrected chi connectivity index (χ4v) is 3.08. The fourth-order valence-electron chi connectivity index (χ4n) is 1.78. The largest absolute Gasteiger partial charge is 0.486 e. The van der Waals surface area contributed by atoms with E-state index in [1.54, 1.807) is 11.3 Å². The number of hydrogen-bond donors (Lipinski definition) is 2. The van der Waals surface area contributed by atoms with Crippen molar-refractivity contribution in [2.24, 2.45) is 5.84 Å². The number of nitrogen functional groups attached to an aromatic ring is 1. The van der Waals surface area contributed by atoms with Crippen LogP contribution in [0.3, 0.4) is 0 Å². The summed E-state index contributed by atoms with van der Waals surface area (Å²) in [6.07, 6.45) is 0. The standard InChI is InChI=1S/C13H11IN4OS/c14-8-2-1-3-9(6-8)19-7-11-16-12(18-15)10-4-5-20-13(10)17-11/h1-6H,7,15H2,(H,16,17,18). The van der Waals surface area contributed by atoms with Gasteiger partial charge in [-0.05, 0) is 52.2 Å². The Hall–Kier alpha value is -1.45. The minimum atomic E-state index is 0.308. The van der Waals surface area contributed by atoms with Crippen molar-refractivity contribution in [3.05, 3.63) is 45.1 Å². The molecule has 3 aromatic rings. The van der Waals surface area contributed by atoms with Crippen molar-refractivity contribution >= 4 is 50.0 Å². The molecule has 0 bridgehead atoms. The summed E-state index contributed by atoms with van der Waals surface area (Å²) in [5.74, 6) is 7.52. The number of thiophene rings is 1. The van der Waals surface area contributed by atoms with E-state index in [0.29, 0.717) is 18.2 Å². The van der Waals surface area contributed by atoms with Gasteiger partial charge in [0.1, 0.15) is 17.2 Å². The molecule has 102 valence electrons. The minimum Gasteiger partial charge on any atom is -0.486 e. The third-order valence-electron chi connectivity index (χ3n) is 2.67. The lowest BCUT2D eigenvalue weighted by Crippen LogP contribution is -2.11. The highest BCUT2D eigenvalue weighted by atomic mass is 127. The van der Waals surface area contributed by atoms with Gasteiger partial charge in [0.15, 0.2) is 11.6 Å². The molecular formula is C13H11IN4OS. The second-order valence-corrected chi connectivity index (χ2v) is 6.16. The molecule has 0 saturated carbocycles. The van der Waals surface area contributed by atoms with E-state index >= 15 is 0 Å². The second kappa shape index (κ2) is 5.90. The highest BCUT2D eigenvalue weighted by Gasteiger charge is 2.08. The van der Waals surface area contributed by atoms with E-state index in [1.807, 2.05) is 35.7 Å². The summed E-state index contributed by atoms with van der Waals surface area (Å²) in [5, 5.41) is 2.89. The number of nitrogens with one attached hydrogen (secondary N) is 1. The van der Waals surface area contributed by atoms with Crippen LogP contribution in [0, 0.1) is 3.57 Å². The van der Waals surface area contributed by atoms with Gasteiger partial charge < -0.3 is 10.2 Å². The first kappa shape index (κ1) is 13.5. The molecule has 1 aromatic carbocycles. The van der Waals surface area contributed by atoms with Gasteiger partial charge in [-0.3, -0.25) is 0 Å². The quantitative estimate of drug-likeness (QED) is 0.401. The van der Waals surface area contributed by atoms with E-state index in [1.165, 1.54) is 0 Å². The van der Waals surface area contributed by atoms with E-state index in [0.717, 1.165) is 19.5 Å². The van der Waals surface area contributed by atoms with Gasteiger partial charge in [-0.25, -0.2) is 15.8 Å². The van der Waals surface area contributed by atoms with Crippen molar-refractivity contribution in [3.8, 4) is 5.75 Å². The van der Waals surface area contributed by atoms with Crippen molar-refractivity contribution in [1.29, 1.82) is 0 Å². The van der Waals surface area contributed by atoms with Crippen LogP contribution in [-0.2, 0) is 6.61 Å². The zero-order valence-corrected chi connectivity index (χ0v) is 13.3. The van der Waals surface area contributed by atoms with E-state index in [4.69, 9.17) is 10.6 Å². The van der Waals surface area contributed by atoms with Gasteiger partial charge in [0.25, 0.3) is 0 Å². The molecule has 0 unspecified atom stereocenters. The van der Waals surface area contributed by atoms with Gasteiger partial charge >= 0.3 is 0 Å². The van der Waals surface area contributed by atoms with Gasteiger partial charge in [-0.15, -0.1) is 11.3 Å². The lowest BCUT2D eigenvalue weighted by atomic mass is 10.3. The van der Waals surface area contributed by atoms with Crippen molar-refractivity contribution < 1.29 is 4.74 Å². The Bertz CT molecular complexity index is 746. The number of benzene rings is 1. The normalized spacial score (nSPS) is 10.7. The van der Waals surface area contributed by atoms with Crippen LogP contribution in [-0.4, -0.2) is 9.97 Å². The van der Waals surface area contributed by atoms with Gasteiger partial charge in [-0.1, -0.05) is 6.07 Å². The molecule has 3 N–H and O–H groups in total. The Morgan fingerprint density at radius 2 is 2.20 bits per heavy atom. The Morgan fingerprint density at radius 1 is 1.30 bits per heavy atom. The molecule has 0 aliphatic carbocycles. The second-order valence-electron chi connectivity index (χ2n) is 4.02. The summed E-state index contributed by atoms with van der Waals surface area (Å²) < 4.78 is 6.83. The molecule has 7 heteroatoms. The number of fused-ring (bicyclic) bond motifs is 1. The molecule has 0 atom stereocenters. The van der Waals surface area contributed by atoms with Crippen LogP contribution in [0.25, 0.3) is 10.2 Å². The fraction of sp³-hybridized carbons (Fsp3) is 0.0769. The van der Waals surface area contributed by atoms with Crippen LogP contribution >= 0.6 is 33.9 Å². The maximum absolute atomic E-state index is 5.70. The lowest BCUT2D eigenvalue weighted by Gasteiger charge is -2.07. The highest BCUT2D eigenvalue weighted by Crippen LogP contribution is 2.25. The number of aromatic nitrogens is 2. The number of hydrazine groups is 1. The highest BCUT2D eigenvalue weighted by molar-refractivity contribution is 14.1. The number of nitrogens with zero attached hydrogens (tertiary/aromatic N) is 2. The van der Waals surface area contributed by atoms with Crippen molar-refractivity contribution in [3.63, 3.8) is 0 Å². The molecule has 3 rings (SSSR count). The molecule has 2 aromatic heterocycles. The van der Waals surface area contributed by atoms with Gasteiger partial charge in [0, 0.05) is 3.57 Å². The van der Waals surface area contributed by atoms with Crippen LogP contribution in [0.5, 0.6) is 5.75 Å². The molecule has 0 aliphatic heterocycles. The first-order chi connectivity index (χ1) is 9.76. The topological polar surface area (TPSA) is 73.1 Å². The predicted molar refractivity (Wildman–Crippen MR) is 88.7 cm³/mol. The molecular weight excluding hydrogens is 387 g/mol. The van der Waals surface area contributed by atoms with Gasteiger partial charge in [0.2, 0.25) is 0 Å². The van der Waals surface area contributed by atoms with Crippen molar-refractivity contribution in [2.75, 3.05) is 5.43 Å². The lowest BCUT2D eigenvalue weighted by molar-refractivity contribution is 0.296. The van der Waals surface area contributed by atoms with Crippen LogP contribution in [0.4, 0.5) is 5.82 Å². The summed E-state index contributed by atoms with van der Waals surface area (Å²) in [5.41, 5.74) is 2.60. The van der Waals surface area contributed by atoms with Gasteiger partial charge in [-0.2, -0.15) is 0 Å². The molecule has 0 fully saturated rings. The van der Waals surface area contributed by atoms with Gasteiger partial charge in [0.05, 0.1) is 5.39 Å². The predicted octanol–water partition coefficient (Wildman–Crippen LogP) is 3.16. The number of rotatable bonds is 4. The molecule has 0 aliphatic rings. The summed E-state index contributed by atoms with van der Waals surface area (Å²) in [4.78, 5) is 9.73. The molecule has 2 heterocycles. The van der Waals surface area contributed by atoms with E-state index in [9.17, 15) is 0 Å². The Balaban J connectivity index is 1.83. The molecule has 20 heavy (non-hydrogen) atoms. The first-order valence-corrected chi connectivity index (χ1v) is 7.81. The SMILES string of the molecule is NNc1nc(COc2cccc(I)c2)nc2sccc12. The summed E-state index contributed by atoms with van der Waals surface area (Å²) >= 11 is 3.80. The average molecular weight is 398 g/mol. The number of halogens is 1. The van der Waals surface area contributed by atoms with Crippen LogP contribution in [0.2, 0.25) is 0 Å². The smallest absolute Gasteiger partial charge is 0.169 e. The average Bonchev–Trinajstić information content (AvgIpc) is 2.92. The molecule has 5 nitrogen and oxygen atoms in total. The monoisotopic (exact) mass is 398 g/mol. The molecule has 0 spiro atoms.